The van der Waals surface area contributed by atoms with Crippen molar-refractivity contribution < 1.29 is 0 Å². The summed E-state index contributed by atoms with van der Waals surface area (Å²) in [4.78, 5) is 0. The summed E-state index contributed by atoms with van der Waals surface area (Å²) in [5, 5.41) is 0. The van der Waals surface area contributed by atoms with Crippen LogP contribution in [0, 0.1) is 0 Å². The molecule has 0 amide bonds. The molecule has 26 heavy (non-hydrogen) atoms. The Balaban J connectivity index is -0.0000000337. The first-order valence-electron chi connectivity index (χ1n) is 6.90. The Morgan fingerprint density at radius 3 is 0.577 bits per heavy atom. The topological polar surface area (TPSA) is 0 Å². The van der Waals surface area contributed by atoms with E-state index in [1.54, 1.807) is 6.55 Å². The van der Waals surface area contributed by atoms with Crippen LogP contribution in [0.15, 0.2) is 0 Å². The third kappa shape index (κ3) is 1180. The normalized spacial score (nSPS) is 9.92. The van der Waals surface area contributed by atoms with E-state index in [9.17, 15) is 0 Å². The first-order chi connectivity index (χ1) is 10.5. The van der Waals surface area contributed by atoms with E-state index in [0.717, 1.165) is 0 Å². The highest BCUT2D eigenvalue weighted by Gasteiger charge is 2.13. The molecule has 0 unspecified atom stereocenters. The zero-order valence-corrected chi connectivity index (χ0v) is 29.3. The molecule has 0 aliphatic heterocycles. The van der Waals surface area contributed by atoms with E-state index in [4.69, 9.17) is 99.7 Å². The Morgan fingerprint density at radius 1 is 0.577 bits per heavy atom. The summed E-state index contributed by atoms with van der Waals surface area (Å²) in [6.07, 6.45) is 1.47. The molecule has 0 rings (SSSR count). The Hall–Kier alpha value is 4.20. The van der Waals surface area contributed by atoms with Crippen LogP contribution >= 0.6 is 111 Å². The van der Waals surface area contributed by atoms with Gasteiger partial charge in [0.05, 0.1) is 0 Å². The molecule has 16 heteroatoms. The van der Waals surface area contributed by atoms with Gasteiger partial charge in [0.15, 0.2) is 0 Å². The first kappa shape index (κ1) is 47.8. The van der Waals surface area contributed by atoms with Gasteiger partial charge in [0.2, 0.25) is 14.1 Å². The molecule has 0 aromatic heterocycles. The van der Waals surface area contributed by atoms with Gasteiger partial charge in [-0.1, -0.05) is 32.7 Å². The lowest BCUT2D eigenvalue weighted by Gasteiger charge is -1.97. The summed E-state index contributed by atoms with van der Waals surface area (Å²) >= 11 is 52.5. The smallest absolute Gasteiger partial charge is 0.172 e. The highest BCUT2D eigenvalue weighted by molar-refractivity contribution is 7.64. The van der Waals surface area contributed by atoms with Crippen LogP contribution in [0.2, 0.25) is 58.9 Å². The molecule has 0 saturated carbocycles. The number of rotatable bonds is 0. The van der Waals surface area contributed by atoms with Crippen LogP contribution in [0.25, 0.3) is 0 Å². The van der Waals surface area contributed by atoms with Crippen molar-refractivity contribution in [1.82, 2.24) is 0 Å². The van der Waals surface area contributed by atoms with Crippen molar-refractivity contribution in [2.75, 3.05) is 6.38 Å². The van der Waals surface area contributed by atoms with Crippen molar-refractivity contribution in [3.63, 3.8) is 0 Å². The van der Waals surface area contributed by atoms with Crippen LogP contribution in [0.4, 0.5) is 0 Å². The fourth-order valence-corrected chi connectivity index (χ4v) is 0. The van der Waals surface area contributed by atoms with Crippen molar-refractivity contribution in [1.29, 1.82) is 0 Å². The first-order valence-corrected chi connectivity index (χ1v) is 31.4. The molecule has 0 fully saturated rings. The summed E-state index contributed by atoms with van der Waals surface area (Å²) < 4.78 is 0. The van der Waals surface area contributed by atoms with Gasteiger partial charge < -0.3 is 0 Å². The van der Waals surface area contributed by atoms with Gasteiger partial charge in [-0.2, -0.15) is 44.3 Å². The van der Waals surface area contributed by atoms with Crippen LogP contribution in [0.5, 0.6) is 0 Å². The predicted molar refractivity (Wildman–Crippen MR) is 160 cm³/mol. The van der Waals surface area contributed by atoms with Gasteiger partial charge >= 0.3 is 6.00 Å². The molecular formula is C10H36Cl10Si6. The van der Waals surface area contributed by atoms with Crippen molar-refractivity contribution in [3.8, 4) is 0 Å². The van der Waals surface area contributed by atoms with E-state index < -0.39 is 35.6 Å². The van der Waals surface area contributed by atoms with Gasteiger partial charge in [0.25, 0.3) is 0 Å². The van der Waals surface area contributed by atoms with Crippen LogP contribution in [0.1, 0.15) is 0 Å². The van der Waals surface area contributed by atoms with Crippen molar-refractivity contribution in [2.45, 2.75) is 58.9 Å². The third-order valence-corrected chi connectivity index (χ3v) is 0. The maximum absolute atomic E-state index is 5.67. The molecule has 0 atom stereocenters. The van der Waals surface area contributed by atoms with E-state index in [-0.39, 0.29) is 11.0 Å². The molecule has 0 aliphatic carbocycles. The van der Waals surface area contributed by atoms with Crippen LogP contribution in [-0.2, 0) is 0 Å². The van der Waals surface area contributed by atoms with E-state index in [0.29, 0.717) is 0 Å². The van der Waals surface area contributed by atoms with Crippen LogP contribution in [0.3, 0.4) is 0 Å². The number of hydrogen-bond acceptors (Lipinski definition) is 0. The highest BCUT2D eigenvalue weighted by Crippen LogP contribution is 2.17. The fraction of sp³-hybridized carbons (Fsp3) is 1.00. The zero-order chi connectivity index (χ0) is 22.7. The minimum Gasteiger partial charge on any atom is -0.172 e. The summed E-state index contributed by atoms with van der Waals surface area (Å²) in [6, 6.07) is -2.19. The van der Waals surface area contributed by atoms with Gasteiger partial charge in [0.1, 0.15) is 15.5 Å². The standard InChI is InChI=1S/C3H9ClSi.C2H6Cl2Si.C2H7ClSi.CH3Cl3Si.CH4Cl2Si.CH3Cl.H4Si/c2*1-5(2,3)4;1-4(2)3;1-5(2,3)4;1-4(2)3;1-2;/h1-3H3;1-2H3;4H,1-2H3;1H3;4H,1H3;1H3;1H4. The molecule has 0 nitrogen and oxygen atoms in total. The van der Waals surface area contributed by atoms with Gasteiger partial charge in [0, 0.05) is 6.38 Å². The Morgan fingerprint density at radius 2 is 0.577 bits per heavy atom. The largest absolute Gasteiger partial charge is 0.338 e. The van der Waals surface area contributed by atoms with Crippen LogP contribution in [-0.4, -0.2) is 53.0 Å². The highest BCUT2D eigenvalue weighted by atomic mass is 35.8. The molecule has 0 aromatic carbocycles. The van der Waals surface area contributed by atoms with Crippen molar-refractivity contribution in [2.24, 2.45) is 0 Å². The number of hydrogen-bond donors (Lipinski definition) is 0. The molecule has 170 valence electrons. The minimum absolute atomic E-state index is 0. The lowest BCUT2D eigenvalue weighted by molar-refractivity contribution is 1.87. The molecular weight excluding hydrogens is 643 g/mol. The second kappa shape index (κ2) is 29.2. The van der Waals surface area contributed by atoms with Gasteiger partial charge in [-0.3, -0.25) is 0 Å². The third-order valence-electron chi connectivity index (χ3n) is 0. The molecule has 0 bridgehead atoms. The predicted octanol–water partition coefficient (Wildman–Crippen LogP) is 8.42. The summed E-state index contributed by atoms with van der Waals surface area (Å²) in [5.74, 6) is 0. The average molecular weight is 679 g/mol. The molecule has 0 aliphatic rings. The maximum atomic E-state index is 5.67. The molecule has 0 heterocycles. The zero-order valence-electron chi connectivity index (χ0n) is 16.4. The second-order valence-corrected chi connectivity index (χ2v) is 42.5. The molecule has 0 radical (unpaired) electrons. The van der Waals surface area contributed by atoms with Gasteiger partial charge in [-0.15, -0.1) is 67.0 Å². The lowest BCUT2D eigenvalue weighted by atomic mass is 11.8. The maximum Gasteiger partial charge on any atom is 0.338 e. The SMILES string of the molecule is CCl.C[SiH](C)Cl.C[SiH](Cl)Cl.C[Si](C)(C)Cl.C[Si](C)(Cl)Cl.C[Si](Cl)(Cl)Cl.[SiH4]. The summed E-state index contributed by atoms with van der Waals surface area (Å²) in [6.45, 7) is 15.9. The molecule has 0 saturated heterocycles. The Kier molecular flexibility index (Phi) is 53.7. The van der Waals surface area contributed by atoms with Crippen LogP contribution < -0.4 is 0 Å². The number of halogens is 10. The van der Waals surface area contributed by atoms with E-state index >= 15 is 0 Å². The quantitative estimate of drug-likeness (QED) is 0.137. The Bertz CT molecular complexity index is 170. The molecule has 0 N–H and O–H groups in total. The average Bonchev–Trinajstić information content (AvgIpc) is 2.08. The summed E-state index contributed by atoms with van der Waals surface area (Å²) in [5.41, 5.74) is 0. The number of alkyl halides is 1. The molecule has 0 spiro atoms. The second-order valence-electron chi connectivity index (χ2n) is 5.71. The minimum atomic E-state index is -2.19. The fourth-order valence-electron chi connectivity index (χ4n) is 0. The van der Waals surface area contributed by atoms with E-state index in [2.05, 4.69) is 44.3 Å². The van der Waals surface area contributed by atoms with Crippen molar-refractivity contribution in [3.05, 3.63) is 0 Å². The molecule has 0 aromatic rings. The van der Waals surface area contributed by atoms with Gasteiger partial charge in [-0.25, -0.2) is 0 Å². The van der Waals surface area contributed by atoms with Crippen molar-refractivity contribution >= 4 is 158 Å². The summed E-state index contributed by atoms with van der Waals surface area (Å²) in [7, 11) is -3.00. The van der Waals surface area contributed by atoms with E-state index in [1.807, 2.05) is 19.6 Å². The monoisotopic (exact) mass is 674 g/mol. The Labute approximate surface area is 220 Å². The van der Waals surface area contributed by atoms with E-state index in [1.165, 1.54) is 6.38 Å². The lowest BCUT2D eigenvalue weighted by Crippen LogP contribution is -2.06. The van der Waals surface area contributed by atoms with Gasteiger partial charge in [-0.05, 0) is 37.2 Å².